The zero-order chi connectivity index (χ0) is 14.5. The lowest BCUT2D eigenvalue weighted by atomic mass is 9.83. The molecule has 5 heteroatoms. The Morgan fingerprint density at radius 1 is 1.45 bits per heavy atom. The normalized spacial score (nSPS) is 15.0. The first-order chi connectivity index (χ1) is 9.61. The van der Waals surface area contributed by atoms with Crippen molar-refractivity contribution in [3.05, 3.63) is 17.7 Å². The molecule has 1 fully saturated rings. The summed E-state index contributed by atoms with van der Waals surface area (Å²) >= 11 is 0. The van der Waals surface area contributed by atoms with E-state index in [0.29, 0.717) is 17.2 Å². The van der Waals surface area contributed by atoms with Gasteiger partial charge in [0.05, 0.1) is 11.9 Å². The molecule has 1 aliphatic rings. The highest BCUT2D eigenvalue weighted by Crippen LogP contribution is 2.28. The summed E-state index contributed by atoms with van der Waals surface area (Å²) in [6.45, 7) is 4.77. The van der Waals surface area contributed by atoms with Crippen LogP contribution in [0.15, 0.2) is 6.20 Å². The molecule has 0 aliphatic heterocycles. The van der Waals surface area contributed by atoms with Crippen LogP contribution in [-0.2, 0) is 0 Å². The van der Waals surface area contributed by atoms with Gasteiger partial charge in [-0.3, -0.25) is 4.79 Å². The predicted octanol–water partition coefficient (Wildman–Crippen LogP) is 2.56. The molecular formula is C15H24N4O. The summed E-state index contributed by atoms with van der Waals surface area (Å²) in [5.74, 6) is 1.60. The fourth-order valence-electron chi connectivity index (χ4n) is 2.28. The van der Waals surface area contributed by atoms with E-state index in [0.717, 1.165) is 18.9 Å². The number of rotatable bonds is 6. The van der Waals surface area contributed by atoms with Crippen LogP contribution in [0.2, 0.25) is 0 Å². The second kappa shape index (κ2) is 6.68. The van der Waals surface area contributed by atoms with Crippen LogP contribution in [0.1, 0.15) is 61.8 Å². The molecule has 1 aliphatic carbocycles. The molecule has 0 radical (unpaired) electrons. The lowest BCUT2D eigenvalue weighted by molar-refractivity contribution is 0.0944. The summed E-state index contributed by atoms with van der Waals surface area (Å²) in [5.41, 5.74) is 1.12. The van der Waals surface area contributed by atoms with Crippen LogP contribution in [0.4, 0.5) is 5.69 Å². The van der Waals surface area contributed by atoms with Crippen molar-refractivity contribution in [2.24, 2.45) is 5.92 Å². The number of aromatic nitrogens is 2. The van der Waals surface area contributed by atoms with Crippen molar-refractivity contribution in [1.29, 1.82) is 0 Å². The molecular weight excluding hydrogens is 252 g/mol. The number of nitrogens with zero attached hydrogens (tertiary/aromatic N) is 2. The second-order valence-corrected chi connectivity index (χ2v) is 5.74. The van der Waals surface area contributed by atoms with Crippen LogP contribution < -0.4 is 10.6 Å². The van der Waals surface area contributed by atoms with Crippen molar-refractivity contribution in [1.82, 2.24) is 15.3 Å². The molecule has 1 amide bonds. The lowest BCUT2D eigenvalue weighted by Crippen LogP contribution is -2.29. The minimum Gasteiger partial charge on any atom is -0.385 e. The van der Waals surface area contributed by atoms with Crippen LogP contribution >= 0.6 is 0 Å². The highest BCUT2D eigenvalue weighted by Gasteiger charge is 2.19. The Labute approximate surface area is 120 Å². The monoisotopic (exact) mass is 276 g/mol. The van der Waals surface area contributed by atoms with Crippen LogP contribution in [-0.4, -0.2) is 29.5 Å². The van der Waals surface area contributed by atoms with E-state index in [1.165, 1.54) is 19.3 Å². The lowest BCUT2D eigenvalue weighted by Gasteiger charge is -2.25. The zero-order valence-electron chi connectivity index (χ0n) is 12.6. The molecule has 1 aromatic heterocycles. The minimum atomic E-state index is -0.113. The zero-order valence-corrected chi connectivity index (χ0v) is 12.6. The van der Waals surface area contributed by atoms with E-state index in [-0.39, 0.29) is 11.8 Å². The molecule has 1 heterocycles. The largest absolute Gasteiger partial charge is 0.385 e. The summed E-state index contributed by atoms with van der Waals surface area (Å²) in [4.78, 5) is 20.9. The van der Waals surface area contributed by atoms with E-state index in [4.69, 9.17) is 0 Å². The van der Waals surface area contributed by atoms with Crippen molar-refractivity contribution in [3.8, 4) is 0 Å². The number of amides is 1. The standard InChI is InChI=1S/C15H24N4O/c1-10(2)14-18-9-12(16-3)13(19-14)15(20)17-8-7-11-5-4-6-11/h9-11,16H,4-8H2,1-3H3,(H,17,20). The first-order valence-electron chi connectivity index (χ1n) is 7.44. The Morgan fingerprint density at radius 3 is 2.75 bits per heavy atom. The molecule has 20 heavy (non-hydrogen) atoms. The van der Waals surface area contributed by atoms with Gasteiger partial charge in [-0.1, -0.05) is 33.1 Å². The third-order valence-corrected chi connectivity index (χ3v) is 3.87. The van der Waals surface area contributed by atoms with Gasteiger partial charge in [0.25, 0.3) is 5.91 Å². The van der Waals surface area contributed by atoms with Crippen LogP contribution in [0.3, 0.4) is 0 Å². The SMILES string of the molecule is CNc1cnc(C(C)C)nc1C(=O)NCCC1CCC1. The molecule has 0 bridgehead atoms. The summed E-state index contributed by atoms with van der Waals surface area (Å²) in [5, 5.41) is 5.95. The summed E-state index contributed by atoms with van der Waals surface area (Å²) in [7, 11) is 1.78. The molecule has 1 aromatic rings. The quantitative estimate of drug-likeness (QED) is 0.838. The van der Waals surface area contributed by atoms with Gasteiger partial charge in [-0.2, -0.15) is 0 Å². The van der Waals surface area contributed by atoms with E-state index in [1.54, 1.807) is 13.2 Å². The number of carbonyl (C=O) groups is 1. The molecule has 0 spiro atoms. The molecule has 5 nitrogen and oxygen atoms in total. The molecule has 1 saturated carbocycles. The van der Waals surface area contributed by atoms with Crippen molar-refractivity contribution in [3.63, 3.8) is 0 Å². The van der Waals surface area contributed by atoms with Gasteiger partial charge < -0.3 is 10.6 Å². The smallest absolute Gasteiger partial charge is 0.272 e. The van der Waals surface area contributed by atoms with Gasteiger partial charge in [-0.25, -0.2) is 9.97 Å². The average molecular weight is 276 g/mol. The Morgan fingerprint density at radius 2 is 2.20 bits per heavy atom. The molecule has 110 valence electrons. The second-order valence-electron chi connectivity index (χ2n) is 5.74. The first kappa shape index (κ1) is 14.8. The highest BCUT2D eigenvalue weighted by molar-refractivity contribution is 5.97. The third kappa shape index (κ3) is 3.46. The van der Waals surface area contributed by atoms with Crippen LogP contribution in [0.25, 0.3) is 0 Å². The van der Waals surface area contributed by atoms with Gasteiger partial charge in [0.15, 0.2) is 5.69 Å². The van der Waals surface area contributed by atoms with E-state index in [9.17, 15) is 4.79 Å². The van der Waals surface area contributed by atoms with Crippen LogP contribution in [0.5, 0.6) is 0 Å². The van der Waals surface area contributed by atoms with Gasteiger partial charge in [0.1, 0.15) is 5.82 Å². The number of carbonyl (C=O) groups excluding carboxylic acids is 1. The first-order valence-corrected chi connectivity index (χ1v) is 7.44. The van der Waals surface area contributed by atoms with Gasteiger partial charge in [0, 0.05) is 19.5 Å². The van der Waals surface area contributed by atoms with Crippen molar-refractivity contribution in [2.75, 3.05) is 18.9 Å². The fourth-order valence-corrected chi connectivity index (χ4v) is 2.28. The van der Waals surface area contributed by atoms with Gasteiger partial charge in [-0.15, -0.1) is 0 Å². The number of hydrogen-bond donors (Lipinski definition) is 2. The summed E-state index contributed by atoms with van der Waals surface area (Å²) < 4.78 is 0. The Kier molecular flexibility index (Phi) is 4.93. The minimum absolute atomic E-state index is 0.113. The maximum atomic E-state index is 12.2. The number of hydrogen-bond acceptors (Lipinski definition) is 4. The third-order valence-electron chi connectivity index (χ3n) is 3.87. The molecule has 0 aromatic carbocycles. The maximum absolute atomic E-state index is 12.2. The topological polar surface area (TPSA) is 66.9 Å². The highest BCUT2D eigenvalue weighted by atomic mass is 16.1. The Bertz CT molecular complexity index is 469. The van der Waals surface area contributed by atoms with E-state index in [2.05, 4.69) is 20.6 Å². The van der Waals surface area contributed by atoms with Crippen molar-refractivity contribution in [2.45, 2.75) is 45.4 Å². The van der Waals surface area contributed by atoms with Gasteiger partial charge in [0.2, 0.25) is 0 Å². The number of anilines is 1. The van der Waals surface area contributed by atoms with Crippen LogP contribution in [0, 0.1) is 5.92 Å². The summed E-state index contributed by atoms with van der Waals surface area (Å²) in [6.07, 6.45) is 6.71. The molecule has 0 atom stereocenters. The molecule has 2 rings (SSSR count). The van der Waals surface area contributed by atoms with Crippen molar-refractivity contribution < 1.29 is 4.79 Å². The van der Waals surface area contributed by atoms with Crippen molar-refractivity contribution >= 4 is 11.6 Å². The average Bonchev–Trinajstić information content (AvgIpc) is 2.40. The van der Waals surface area contributed by atoms with E-state index < -0.39 is 0 Å². The molecule has 0 unspecified atom stereocenters. The number of nitrogens with one attached hydrogen (secondary N) is 2. The van der Waals surface area contributed by atoms with E-state index >= 15 is 0 Å². The maximum Gasteiger partial charge on any atom is 0.272 e. The fraction of sp³-hybridized carbons (Fsp3) is 0.667. The van der Waals surface area contributed by atoms with Gasteiger partial charge in [-0.05, 0) is 12.3 Å². The van der Waals surface area contributed by atoms with Gasteiger partial charge >= 0.3 is 0 Å². The Balaban J connectivity index is 2.00. The Hall–Kier alpha value is -1.65. The van der Waals surface area contributed by atoms with E-state index in [1.807, 2.05) is 13.8 Å². The molecule has 2 N–H and O–H groups in total. The predicted molar refractivity (Wildman–Crippen MR) is 80.0 cm³/mol. The molecule has 0 saturated heterocycles. The summed E-state index contributed by atoms with van der Waals surface area (Å²) in [6, 6.07) is 0.